The SMILES string of the molecule is CCN1C(=O)C(NC(=O)C(=O)NCCCN(C)C)c2cc(Br)ccc21. The molecule has 0 bridgehead atoms. The van der Waals surface area contributed by atoms with E-state index >= 15 is 0 Å². The van der Waals surface area contributed by atoms with Gasteiger partial charge < -0.3 is 20.4 Å². The Kier molecular flexibility index (Phi) is 6.55. The van der Waals surface area contributed by atoms with Crippen molar-refractivity contribution in [2.45, 2.75) is 19.4 Å². The number of nitrogens with one attached hydrogen (secondary N) is 2. The van der Waals surface area contributed by atoms with E-state index in [1.54, 1.807) is 11.0 Å². The number of nitrogens with zero attached hydrogens (tertiary/aromatic N) is 2. The van der Waals surface area contributed by atoms with Gasteiger partial charge in [-0.25, -0.2) is 0 Å². The fraction of sp³-hybridized carbons (Fsp3) is 0.471. The molecule has 0 radical (unpaired) electrons. The second-order valence-electron chi connectivity index (χ2n) is 6.10. The molecule has 0 aromatic heterocycles. The Morgan fingerprint density at radius 1 is 1.28 bits per heavy atom. The van der Waals surface area contributed by atoms with Crippen LogP contribution in [0.5, 0.6) is 0 Å². The number of hydrogen-bond donors (Lipinski definition) is 2. The van der Waals surface area contributed by atoms with Gasteiger partial charge in [0.05, 0.1) is 0 Å². The van der Waals surface area contributed by atoms with Crippen LogP contribution < -0.4 is 15.5 Å². The highest BCUT2D eigenvalue weighted by Crippen LogP contribution is 2.37. The van der Waals surface area contributed by atoms with Crippen molar-refractivity contribution in [3.05, 3.63) is 28.2 Å². The molecule has 0 saturated carbocycles. The molecule has 2 N–H and O–H groups in total. The van der Waals surface area contributed by atoms with Crippen molar-refractivity contribution in [1.82, 2.24) is 15.5 Å². The maximum absolute atomic E-state index is 12.6. The number of anilines is 1. The molecule has 8 heteroatoms. The second kappa shape index (κ2) is 8.44. The largest absolute Gasteiger partial charge is 0.348 e. The first kappa shape index (κ1) is 19.4. The van der Waals surface area contributed by atoms with E-state index in [2.05, 4.69) is 26.6 Å². The van der Waals surface area contributed by atoms with Gasteiger partial charge in [0, 0.05) is 28.8 Å². The van der Waals surface area contributed by atoms with Crippen molar-refractivity contribution in [2.75, 3.05) is 38.6 Å². The Balaban J connectivity index is 2.02. The first-order valence-corrected chi connectivity index (χ1v) is 8.98. The molecule has 136 valence electrons. The van der Waals surface area contributed by atoms with Crippen LogP contribution in [0, 0.1) is 0 Å². The van der Waals surface area contributed by atoms with Gasteiger partial charge in [-0.15, -0.1) is 0 Å². The quantitative estimate of drug-likeness (QED) is 0.542. The number of benzene rings is 1. The standard InChI is InChI=1S/C17H23BrN4O3/c1-4-22-13-7-6-11(18)10-12(13)14(17(22)25)20-16(24)15(23)19-8-5-9-21(2)3/h6-7,10,14H,4-5,8-9H2,1-3H3,(H,19,23)(H,20,24). The molecule has 1 aromatic carbocycles. The fourth-order valence-electron chi connectivity index (χ4n) is 2.75. The van der Waals surface area contributed by atoms with Crippen LogP contribution in [0.25, 0.3) is 0 Å². The van der Waals surface area contributed by atoms with E-state index in [4.69, 9.17) is 0 Å². The summed E-state index contributed by atoms with van der Waals surface area (Å²) in [5.74, 6) is -1.76. The number of amides is 3. The summed E-state index contributed by atoms with van der Waals surface area (Å²) >= 11 is 3.38. The van der Waals surface area contributed by atoms with Gasteiger partial charge in [0.2, 0.25) is 0 Å². The van der Waals surface area contributed by atoms with Gasteiger partial charge in [0.1, 0.15) is 6.04 Å². The zero-order valence-electron chi connectivity index (χ0n) is 14.6. The van der Waals surface area contributed by atoms with Crippen molar-refractivity contribution < 1.29 is 14.4 Å². The van der Waals surface area contributed by atoms with Crippen LogP contribution in [0.1, 0.15) is 24.9 Å². The molecule has 1 aliphatic heterocycles. The van der Waals surface area contributed by atoms with Crippen molar-refractivity contribution >= 4 is 39.3 Å². The molecule has 0 saturated heterocycles. The number of likely N-dealkylation sites (N-methyl/N-ethyl adjacent to an activating group) is 1. The Morgan fingerprint density at radius 2 is 2.00 bits per heavy atom. The third-order valence-corrected chi connectivity index (χ3v) is 4.46. The van der Waals surface area contributed by atoms with Gasteiger partial charge >= 0.3 is 11.8 Å². The third kappa shape index (κ3) is 4.58. The number of fused-ring (bicyclic) bond motifs is 1. The van der Waals surface area contributed by atoms with Gasteiger partial charge in [-0.05, 0) is 52.2 Å². The normalized spacial score (nSPS) is 16.1. The van der Waals surface area contributed by atoms with Crippen molar-refractivity contribution in [3.8, 4) is 0 Å². The van der Waals surface area contributed by atoms with E-state index < -0.39 is 17.9 Å². The summed E-state index contributed by atoms with van der Waals surface area (Å²) < 4.78 is 0.810. The van der Waals surface area contributed by atoms with E-state index in [0.717, 1.165) is 23.1 Å². The summed E-state index contributed by atoms with van der Waals surface area (Å²) in [4.78, 5) is 40.2. The lowest BCUT2D eigenvalue weighted by molar-refractivity contribution is -0.140. The summed E-state index contributed by atoms with van der Waals surface area (Å²) in [7, 11) is 3.88. The smallest absolute Gasteiger partial charge is 0.310 e. The second-order valence-corrected chi connectivity index (χ2v) is 7.02. The molecule has 7 nitrogen and oxygen atoms in total. The van der Waals surface area contributed by atoms with Gasteiger partial charge in [-0.1, -0.05) is 15.9 Å². The zero-order valence-corrected chi connectivity index (χ0v) is 16.2. The van der Waals surface area contributed by atoms with Gasteiger partial charge in [0.25, 0.3) is 5.91 Å². The maximum atomic E-state index is 12.6. The summed E-state index contributed by atoms with van der Waals surface area (Å²) in [6.07, 6.45) is 0.744. The molecular formula is C17H23BrN4O3. The molecular weight excluding hydrogens is 388 g/mol. The summed E-state index contributed by atoms with van der Waals surface area (Å²) in [6.45, 7) is 3.59. The van der Waals surface area contributed by atoms with Crippen molar-refractivity contribution in [2.24, 2.45) is 0 Å². The minimum absolute atomic E-state index is 0.232. The Labute approximate surface area is 155 Å². The lowest BCUT2D eigenvalue weighted by Crippen LogP contribution is -2.44. The lowest BCUT2D eigenvalue weighted by atomic mass is 10.1. The van der Waals surface area contributed by atoms with Crippen LogP contribution in [0.4, 0.5) is 5.69 Å². The van der Waals surface area contributed by atoms with E-state index in [1.807, 2.05) is 38.1 Å². The van der Waals surface area contributed by atoms with Crippen LogP contribution in [0.15, 0.2) is 22.7 Å². The molecule has 25 heavy (non-hydrogen) atoms. The number of carbonyl (C=O) groups is 3. The van der Waals surface area contributed by atoms with E-state index in [0.29, 0.717) is 18.7 Å². The minimum Gasteiger partial charge on any atom is -0.348 e. The Hall–Kier alpha value is -1.93. The van der Waals surface area contributed by atoms with E-state index in [9.17, 15) is 14.4 Å². The highest BCUT2D eigenvalue weighted by molar-refractivity contribution is 9.10. The third-order valence-electron chi connectivity index (χ3n) is 3.97. The van der Waals surface area contributed by atoms with E-state index in [1.165, 1.54) is 0 Å². The summed E-state index contributed by atoms with van der Waals surface area (Å²) in [5.41, 5.74) is 1.45. The van der Waals surface area contributed by atoms with E-state index in [-0.39, 0.29) is 5.91 Å². The Bertz CT molecular complexity index is 678. The Morgan fingerprint density at radius 3 is 2.64 bits per heavy atom. The van der Waals surface area contributed by atoms with Crippen LogP contribution in [0.3, 0.4) is 0 Å². The van der Waals surface area contributed by atoms with Crippen LogP contribution in [-0.2, 0) is 14.4 Å². The number of rotatable bonds is 6. The van der Waals surface area contributed by atoms with Crippen molar-refractivity contribution in [3.63, 3.8) is 0 Å². The molecule has 1 aromatic rings. The molecule has 2 rings (SSSR count). The monoisotopic (exact) mass is 410 g/mol. The molecule has 1 heterocycles. The number of halogens is 1. The lowest BCUT2D eigenvalue weighted by Gasteiger charge is -2.15. The maximum Gasteiger partial charge on any atom is 0.310 e. The van der Waals surface area contributed by atoms with Gasteiger partial charge in [-0.3, -0.25) is 14.4 Å². The molecule has 0 spiro atoms. The first-order chi connectivity index (χ1) is 11.8. The van der Waals surface area contributed by atoms with Crippen molar-refractivity contribution in [1.29, 1.82) is 0 Å². The summed E-state index contributed by atoms with van der Waals surface area (Å²) in [5, 5.41) is 5.13. The molecule has 3 amide bonds. The minimum atomic E-state index is -0.840. The highest BCUT2D eigenvalue weighted by Gasteiger charge is 2.38. The predicted molar refractivity (Wildman–Crippen MR) is 99.2 cm³/mol. The van der Waals surface area contributed by atoms with Crippen LogP contribution in [-0.4, -0.2) is 56.4 Å². The van der Waals surface area contributed by atoms with Gasteiger partial charge in [-0.2, -0.15) is 0 Å². The molecule has 1 aliphatic rings. The zero-order chi connectivity index (χ0) is 18.6. The van der Waals surface area contributed by atoms with Gasteiger partial charge in [0.15, 0.2) is 0 Å². The van der Waals surface area contributed by atoms with Crippen LogP contribution >= 0.6 is 15.9 Å². The number of carbonyl (C=O) groups excluding carboxylic acids is 3. The number of hydrogen-bond acceptors (Lipinski definition) is 4. The molecule has 0 aliphatic carbocycles. The summed E-state index contributed by atoms with van der Waals surface area (Å²) in [6, 6.07) is 4.63. The average molecular weight is 411 g/mol. The first-order valence-electron chi connectivity index (χ1n) is 8.19. The molecule has 0 fully saturated rings. The fourth-order valence-corrected chi connectivity index (χ4v) is 3.13. The topological polar surface area (TPSA) is 81.8 Å². The molecule has 1 atom stereocenters. The molecule has 1 unspecified atom stereocenters. The predicted octanol–water partition coefficient (Wildman–Crippen LogP) is 1.04. The van der Waals surface area contributed by atoms with Crippen LogP contribution in [0.2, 0.25) is 0 Å². The highest BCUT2D eigenvalue weighted by atomic mass is 79.9. The average Bonchev–Trinajstić information content (AvgIpc) is 2.82.